The van der Waals surface area contributed by atoms with Crippen molar-refractivity contribution in [3.8, 4) is 0 Å². The molecule has 0 saturated carbocycles. The van der Waals surface area contributed by atoms with Crippen LogP contribution in [0.25, 0.3) is 0 Å². The van der Waals surface area contributed by atoms with Gasteiger partial charge >= 0.3 is 0 Å². The number of rotatable bonds is 2. The van der Waals surface area contributed by atoms with Crippen molar-refractivity contribution in [1.82, 2.24) is 4.98 Å². The van der Waals surface area contributed by atoms with E-state index in [1.807, 2.05) is 12.1 Å². The highest BCUT2D eigenvalue weighted by atomic mass is 127. The van der Waals surface area contributed by atoms with E-state index >= 15 is 0 Å². The number of nitrogens with zero attached hydrogens (tertiary/aromatic N) is 1. The summed E-state index contributed by atoms with van der Waals surface area (Å²) in [6.45, 7) is 0. The second-order valence-electron chi connectivity index (χ2n) is 3.69. The molecule has 0 unspecified atom stereocenters. The molecule has 20 heavy (non-hydrogen) atoms. The molecule has 0 aliphatic carbocycles. The zero-order valence-electron chi connectivity index (χ0n) is 9.55. The molecule has 1 heterocycles. The highest BCUT2D eigenvalue weighted by Crippen LogP contribution is 2.28. The van der Waals surface area contributed by atoms with E-state index in [0.29, 0.717) is 5.56 Å². The van der Waals surface area contributed by atoms with Gasteiger partial charge in [0, 0.05) is 16.9 Å². The second-order valence-corrected chi connectivity index (χ2v) is 8.05. The fraction of sp³-hybridized carbons (Fsp3) is 0. The van der Waals surface area contributed by atoms with Gasteiger partial charge in [-0.25, -0.2) is 4.98 Å². The van der Waals surface area contributed by atoms with E-state index in [9.17, 15) is 4.79 Å². The molecule has 1 amide bonds. The van der Waals surface area contributed by atoms with E-state index in [4.69, 9.17) is 23.2 Å². The SMILES string of the molecule is O=C(Nc1c(I)cc(I)cc1I)c1cc(Cl)ncc1Cl. The van der Waals surface area contributed by atoms with E-state index in [1.165, 1.54) is 12.3 Å². The number of aromatic nitrogens is 1. The Labute approximate surface area is 166 Å². The minimum Gasteiger partial charge on any atom is -0.320 e. The molecule has 3 nitrogen and oxygen atoms in total. The second kappa shape index (κ2) is 7.25. The molecule has 0 spiro atoms. The highest BCUT2D eigenvalue weighted by Gasteiger charge is 2.15. The van der Waals surface area contributed by atoms with Gasteiger partial charge in [0.1, 0.15) is 5.15 Å². The van der Waals surface area contributed by atoms with Crippen molar-refractivity contribution in [2.45, 2.75) is 0 Å². The van der Waals surface area contributed by atoms with Crippen molar-refractivity contribution >= 4 is 103 Å². The maximum Gasteiger partial charge on any atom is 0.257 e. The summed E-state index contributed by atoms with van der Waals surface area (Å²) in [5, 5.41) is 3.36. The van der Waals surface area contributed by atoms with Gasteiger partial charge in [-0.3, -0.25) is 4.79 Å². The maximum absolute atomic E-state index is 12.3. The molecule has 2 rings (SSSR count). The molecule has 2 aromatic rings. The fourth-order valence-electron chi connectivity index (χ4n) is 1.43. The number of hydrogen-bond donors (Lipinski definition) is 1. The third-order valence-corrected chi connectivity index (χ3v) is 5.14. The molecule has 0 fully saturated rings. The smallest absolute Gasteiger partial charge is 0.257 e. The Morgan fingerprint density at radius 2 is 1.70 bits per heavy atom. The average Bonchev–Trinajstić information content (AvgIpc) is 2.36. The number of nitrogens with one attached hydrogen (secondary N) is 1. The number of carbonyl (C=O) groups is 1. The minimum absolute atomic E-state index is 0.228. The van der Waals surface area contributed by atoms with Crippen LogP contribution in [-0.2, 0) is 0 Å². The lowest BCUT2D eigenvalue weighted by Crippen LogP contribution is -2.15. The quantitative estimate of drug-likeness (QED) is 0.349. The van der Waals surface area contributed by atoms with Crippen LogP contribution >= 0.6 is 91.0 Å². The third-order valence-electron chi connectivity index (χ3n) is 2.31. The monoisotopic (exact) mass is 644 g/mol. The Hall–Kier alpha value is 0.610. The summed E-state index contributed by atoms with van der Waals surface area (Å²) in [5.41, 5.74) is 1.07. The molecule has 0 aliphatic heterocycles. The first-order chi connectivity index (χ1) is 9.38. The molecular weight excluding hydrogens is 640 g/mol. The van der Waals surface area contributed by atoms with Crippen LogP contribution in [0, 0.1) is 10.7 Å². The van der Waals surface area contributed by atoms with Gasteiger partial charge in [-0.05, 0) is 86.0 Å². The van der Waals surface area contributed by atoms with Gasteiger partial charge < -0.3 is 5.32 Å². The molecule has 0 aliphatic rings. The molecule has 0 bridgehead atoms. The van der Waals surface area contributed by atoms with Crippen molar-refractivity contribution in [3.05, 3.63) is 50.8 Å². The van der Waals surface area contributed by atoms with Gasteiger partial charge in [0.15, 0.2) is 0 Å². The molecule has 1 aromatic carbocycles. The number of carbonyl (C=O) groups excluding carboxylic acids is 1. The summed E-state index contributed by atoms with van der Waals surface area (Å²) in [6, 6.07) is 5.42. The van der Waals surface area contributed by atoms with Crippen molar-refractivity contribution in [2.24, 2.45) is 0 Å². The summed E-state index contributed by atoms with van der Waals surface area (Å²) in [4.78, 5) is 16.1. The van der Waals surface area contributed by atoms with Crippen LogP contribution in [-0.4, -0.2) is 10.9 Å². The third kappa shape index (κ3) is 4.08. The standard InChI is InChI=1S/C12H5Cl2I3N2O/c13-7-4-18-10(14)3-6(7)12(20)19-11-8(16)1-5(15)2-9(11)17/h1-4H,(H,19,20). The van der Waals surface area contributed by atoms with E-state index in [1.54, 1.807) is 0 Å². The number of hydrogen-bond acceptors (Lipinski definition) is 2. The summed E-state index contributed by atoms with van der Waals surface area (Å²) in [6.07, 6.45) is 1.36. The molecule has 104 valence electrons. The molecule has 0 saturated heterocycles. The molecule has 1 aromatic heterocycles. The number of halogens is 5. The van der Waals surface area contributed by atoms with Crippen molar-refractivity contribution in [2.75, 3.05) is 5.32 Å². The van der Waals surface area contributed by atoms with Crippen LogP contribution in [0.4, 0.5) is 5.69 Å². The Kier molecular flexibility index (Phi) is 6.15. The van der Waals surface area contributed by atoms with Crippen molar-refractivity contribution in [1.29, 1.82) is 0 Å². The largest absolute Gasteiger partial charge is 0.320 e. The molecular formula is C12H5Cl2I3N2O. The number of amides is 1. The predicted molar refractivity (Wildman–Crippen MR) is 107 cm³/mol. The Morgan fingerprint density at radius 1 is 1.10 bits per heavy atom. The molecule has 0 atom stereocenters. The summed E-state index contributed by atoms with van der Waals surface area (Å²) >= 11 is 18.4. The van der Waals surface area contributed by atoms with Crippen LogP contribution < -0.4 is 5.32 Å². The van der Waals surface area contributed by atoms with Gasteiger partial charge in [-0.2, -0.15) is 0 Å². The zero-order chi connectivity index (χ0) is 14.9. The topological polar surface area (TPSA) is 42.0 Å². The van der Waals surface area contributed by atoms with Crippen molar-refractivity contribution < 1.29 is 4.79 Å². The maximum atomic E-state index is 12.3. The van der Waals surface area contributed by atoms with Gasteiger partial charge in [0.05, 0.1) is 16.3 Å². The van der Waals surface area contributed by atoms with Crippen LogP contribution in [0.1, 0.15) is 10.4 Å². The molecule has 0 radical (unpaired) electrons. The van der Waals surface area contributed by atoms with Crippen LogP contribution in [0.3, 0.4) is 0 Å². The lowest BCUT2D eigenvalue weighted by Gasteiger charge is -2.11. The average molecular weight is 645 g/mol. The first kappa shape index (κ1) is 17.0. The first-order valence-electron chi connectivity index (χ1n) is 5.15. The van der Waals surface area contributed by atoms with E-state index < -0.39 is 0 Å². The zero-order valence-corrected chi connectivity index (χ0v) is 17.5. The van der Waals surface area contributed by atoms with E-state index in [0.717, 1.165) is 16.4 Å². The summed E-state index contributed by atoms with van der Waals surface area (Å²) < 4.78 is 3.03. The van der Waals surface area contributed by atoms with Crippen LogP contribution in [0.2, 0.25) is 10.2 Å². The van der Waals surface area contributed by atoms with Crippen LogP contribution in [0.5, 0.6) is 0 Å². The van der Waals surface area contributed by atoms with Gasteiger partial charge in [0.2, 0.25) is 0 Å². The van der Waals surface area contributed by atoms with Gasteiger partial charge in [0.25, 0.3) is 5.91 Å². The molecule has 8 heteroatoms. The van der Waals surface area contributed by atoms with Gasteiger partial charge in [-0.1, -0.05) is 23.2 Å². The molecule has 1 N–H and O–H groups in total. The van der Waals surface area contributed by atoms with E-state index in [2.05, 4.69) is 78.1 Å². The summed E-state index contributed by atoms with van der Waals surface area (Å²) in [7, 11) is 0. The first-order valence-corrected chi connectivity index (χ1v) is 9.14. The lowest BCUT2D eigenvalue weighted by atomic mass is 10.2. The normalized spacial score (nSPS) is 10.4. The van der Waals surface area contributed by atoms with Gasteiger partial charge in [-0.15, -0.1) is 0 Å². The van der Waals surface area contributed by atoms with Crippen molar-refractivity contribution in [3.63, 3.8) is 0 Å². The number of benzene rings is 1. The van der Waals surface area contributed by atoms with Crippen LogP contribution in [0.15, 0.2) is 24.4 Å². The minimum atomic E-state index is -0.309. The Balaban J connectivity index is 2.35. The lowest BCUT2D eigenvalue weighted by molar-refractivity contribution is 0.102. The highest BCUT2D eigenvalue weighted by molar-refractivity contribution is 14.1. The predicted octanol–water partition coefficient (Wildman–Crippen LogP) is 5.45. The fourth-order valence-corrected chi connectivity index (χ4v) is 5.63. The number of pyridine rings is 1. The Morgan fingerprint density at radius 3 is 2.30 bits per heavy atom. The van der Waals surface area contributed by atoms with E-state index in [-0.39, 0.29) is 16.1 Å². The Bertz CT molecular complexity index is 671. The summed E-state index contributed by atoms with van der Waals surface area (Å²) in [5.74, 6) is -0.309. The number of anilines is 1.